The number of carbonyl (C=O) groups is 1. The first-order valence-corrected chi connectivity index (χ1v) is 14.0. The number of pyridine rings is 1. The summed E-state index contributed by atoms with van der Waals surface area (Å²) in [4.78, 5) is 26.7. The molecule has 2 heterocycles. The number of benzene rings is 2. The molecule has 10 nitrogen and oxygen atoms in total. The second-order valence-corrected chi connectivity index (χ2v) is 11.8. The summed E-state index contributed by atoms with van der Waals surface area (Å²) in [6.45, 7) is 1.79. The van der Waals surface area contributed by atoms with E-state index >= 15 is 0 Å². The fourth-order valence-electron chi connectivity index (χ4n) is 3.96. The van der Waals surface area contributed by atoms with Crippen molar-refractivity contribution in [3.8, 4) is 11.5 Å². The van der Waals surface area contributed by atoms with Gasteiger partial charge in [-0.2, -0.15) is 4.72 Å². The minimum absolute atomic E-state index is 0.0198. The van der Waals surface area contributed by atoms with Crippen LogP contribution in [0.2, 0.25) is 0 Å². The fourth-order valence-corrected chi connectivity index (χ4v) is 5.33. The maximum Gasteiger partial charge on any atom is 0.259 e. The fraction of sp³-hybridized carbons (Fsp3) is 0.250. The Balaban J connectivity index is 1.62. The Bertz CT molecular complexity index is 1480. The zero-order chi connectivity index (χ0) is 26.5. The molecule has 1 amide bonds. The van der Waals surface area contributed by atoms with Crippen LogP contribution in [0.1, 0.15) is 34.3 Å². The molecule has 1 fully saturated rings. The summed E-state index contributed by atoms with van der Waals surface area (Å²) >= 11 is 2.00. The average molecular weight is 641 g/mol. The first kappa shape index (κ1) is 25.8. The molecule has 1 saturated carbocycles. The monoisotopic (exact) mass is 641 g/mol. The molecule has 1 aromatic heterocycles. The van der Waals surface area contributed by atoms with Gasteiger partial charge in [0, 0.05) is 29.3 Å². The van der Waals surface area contributed by atoms with Gasteiger partial charge in [-0.3, -0.25) is 28.0 Å². The van der Waals surface area contributed by atoms with Crippen LogP contribution in [0.25, 0.3) is 0 Å². The highest BCUT2D eigenvalue weighted by Gasteiger charge is 2.31. The Morgan fingerprint density at radius 2 is 2.00 bits per heavy atom. The van der Waals surface area contributed by atoms with Crippen LogP contribution in [-0.4, -0.2) is 25.6 Å². The van der Waals surface area contributed by atoms with Crippen LogP contribution in [-0.2, 0) is 13.6 Å². The highest BCUT2D eigenvalue weighted by Crippen LogP contribution is 2.43. The summed E-state index contributed by atoms with van der Waals surface area (Å²) < 4.78 is 48.0. The van der Waals surface area contributed by atoms with Gasteiger partial charge in [0.2, 0.25) is 0 Å². The molecule has 0 bridgehead atoms. The van der Waals surface area contributed by atoms with Gasteiger partial charge >= 0.3 is 0 Å². The number of ether oxygens (including phenoxy) is 1. The van der Waals surface area contributed by atoms with Gasteiger partial charge < -0.3 is 15.4 Å². The highest BCUT2D eigenvalue weighted by atomic mass is 127. The summed E-state index contributed by atoms with van der Waals surface area (Å²) in [5, 5.41) is 5.85. The van der Waals surface area contributed by atoms with Crippen molar-refractivity contribution in [3.63, 3.8) is 0 Å². The predicted molar refractivity (Wildman–Crippen MR) is 149 cm³/mol. The number of hydrogen-bond acceptors (Lipinski definition) is 8. The molecular weight excluding hydrogens is 616 g/mol. The molecule has 2 aliphatic rings. The molecule has 37 heavy (non-hydrogen) atoms. The number of rotatable bonds is 6. The van der Waals surface area contributed by atoms with Crippen molar-refractivity contribution in [1.29, 1.82) is 0 Å². The molecule has 2 aromatic carbocycles. The lowest BCUT2D eigenvalue weighted by atomic mass is 10.1. The number of fused-ring (bicyclic) bond motifs is 1. The Morgan fingerprint density at radius 3 is 2.70 bits per heavy atom. The lowest BCUT2D eigenvalue weighted by Crippen LogP contribution is -2.32. The maximum absolute atomic E-state index is 14.7. The smallest absolute Gasteiger partial charge is 0.259 e. The van der Waals surface area contributed by atoms with E-state index in [4.69, 9.17) is 4.74 Å². The maximum atomic E-state index is 14.7. The summed E-state index contributed by atoms with van der Waals surface area (Å²) in [5.41, 5.74) is 1.14. The van der Waals surface area contributed by atoms with Gasteiger partial charge in [-0.25, -0.2) is 4.39 Å². The third kappa shape index (κ3) is 5.40. The molecule has 3 aromatic rings. The number of halogens is 2. The normalized spacial score (nSPS) is 16.8. The summed E-state index contributed by atoms with van der Waals surface area (Å²) in [6, 6.07) is 9.56. The van der Waals surface area contributed by atoms with Crippen LogP contribution in [0.4, 0.5) is 21.6 Å². The lowest BCUT2D eigenvalue weighted by molar-refractivity contribution is 0.0948. The molecule has 0 radical (unpaired) electrons. The SMILES string of the molecule is Cc1c(Oc2ccc3c(c2)NS(O)(O)NC3)c(C(=O)NC2CC2)c(Nc2ccc(I)cc2F)n(C)c1=O. The number of aromatic nitrogens is 1. The first-order chi connectivity index (χ1) is 17.5. The van der Waals surface area contributed by atoms with E-state index in [9.17, 15) is 23.1 Å². The van der Waals surface area contributed by atoms with Gasteiger partial charge in [0.25, 0.3) is 11.5 Å². The van der Waals surface area contributed by atoms with Crippen LogP contribution in [0, 0.1) is 16.3 Å². The number of nitrogens with one attached hydrogen (secondary N) is 4. The van der Waals surface area contributed by atoms with Crippen LogP contribution in [0.3, 0.4) is 0 Å². The number of nitrogens with zero attached hydrogens (tertiary/aromatic N) is 1. The minimum Gasteiger partial charge on any atom is -0.456 e. The number of hydrogen-bond donors (Lipinski definition) is 6. The first-order valence-electron chi connectivity index (χ1n) is 11.4. The van der Waals surface area contributed by atoms with E-state index in [-0.39, 0.29) is 46.7 Å². The van der Waals surface area contributed by atoms with E-state index in [0.717, 1.165) is 18.4 Å². The van der Waals surface area contributed by atoms with Crippen LogP contribution in [0.5, 0.6) is 11.5 Å². The molecule has 0 atom stereocenters. The number of anilines is 3. The third-order valence-electron chi connectivity index (χ3n) is 6.11. The molecule has 1 aliphatic heterocycles. The van der Waals surface area contributed by atoms with Crippen molar-refractivity contribution >= 4 is 56.7 Å². The Kier molecular flexibility index (Phi) is 6.83. The van der Waals surface area contributed by atoms with E-state index in [2.05, 4.69) is 20.1 Å². The number of carbonyl (C=O) groups excluding carboxylic acids is 1. The third-order valence-corrected chi connectivity index (χ3v) is 7.83. The summed E-state index contributed by atoms with van der Waals surface area (Å²) in [5.74, 6) is -0.622. The molecule has 5 rings (SSSR count). The van der Waals surface area contributed by atoms with Crippen molar-refractivity contribution in [2.45, 2.75) is 32.4 Å². The molecule has 0 saturated heterocycles. The van der Waals surface area contributed by atoms with Crippen molar-refractivity contribution in [2.24, 2.45) is 7.05 Å². The second kappa shape index (κ2) is 9.79. The van der Waals surface area contributed by atoms with Crippen molar-refractivity contribution < 1.29 is 23.0 Å². The summed E-state index contributed by atoms with van der Waals surface area (Å²) in [6.07, 6.45) is 1.69. The Morgan fingerprint density at radius 1 is 1.24 bits per heavy atom. The van der Waals surface area contributed by atoms with E-state index in [1.807, 2.05) is 22.6 Å². The number of amides is 1. The largest absolute Gasteiger partial charge is 0.456 e. The van der Waals surface area contributed by atoms with Gasteiger partial charge in [0.1, 0.15) is 22.9 Å². The van der Waals surface area contributed by atoms with Crippen LogP contribution in [0.15, 0.2) is 41.2 Å². The van der Waals surface area contributed by atoms with Crippen molar-refractivity contribution in [3.05, 3.63) is 72.8 Å². The molecule has 196 valence electrons. The van der Waals surface area contributed by atoms with Crippen LogP contribution < -0.4 is 30.4 Å². The average Bonchev–Trinajstić information content (AvgIpc) is 3.65. The second-order valence-electron chi connectivity index (χ2n) is 8.93. The Labute approximate surface area is 227 Å². The molecule has 0 unspecified atom stereocenters. The van der Waals surface area contributed by atoms with Crippen LogP contribution >= 0.6 is 33.6 Å². The molecule has 6 N–H and O–H groups in total. The van der Waals surface area contributed by atoms with Crippen molar-refractivity contribution in [2.75, 3.05) is 10.0 Å². The molecule has 0 spiro atoms. The Hall–Kier alpha value is -2.85. The zero-order valence-corrected chi connectivity index (χ0v) is 22.9. The van der Waals surface area contributed by atoms with E-state index in [0.29, 0.717) is 9.26 Å². The van der Waals surface area contributed by atoms with Gasteiger partial charge in [0.15, 0.2) is 5.75 Å². The van der Waals surface area contributed by atoms with Gasteiger partial charge in [0.05, 0.1) is 16.9 Å². The lowest BCUT2D eigenvalue weighted by Gasteiger charge is -2.38. The van der Waals surface area contributed by atoms with E-state index in [1.165, 1.54) is 23.7 Å². The summed E-state index contributed by atoms with van der Waals surface area (Å²) in [7, 11) is -1.70. The van der Waals surface area contributed by atoms with Crippen molar-refractivity contribution in [1.82, 2.24) is 14.6 Å². The van der Waals surface area contributed by atoms with Gasteiger partial charge in [-0.1, -0.05) is 17.0 Å². The van der Waals surface area contributed by atoms with Gasteiger partial charge in [-0.15, -0.1) is 0 Å². The molecule has 1 aliphatic carbocycles. The standard InChI is InChI=1S/C24H25FIN5O5S/c1-12-21(36-16-7-3-13-11-27-37(34,35)30-19(13)10-16)20(23(32)28-15-5-6-15)22(31(2)24(12)33)29-18-8-4-14(26)9-17(18)25/h3-4,7-10,15,27,29-30,34-35H,5-6,11H2,1-2H3,(H,28,32). The zero-order valence-electron chi connectivity index (χ0n) is 19.9. The van der Waals surface area contributed by atoms with E-state index in [1.54, 1.807) is 31.2 Å². The topological polar surface area (TPSA) is 137 Å². The highest BCUT2D eigenvalue weighted by molar-refractivity contribution is 14.1. The van der Waals surface area contributed by atoms with E-state index < -0.39 is 28.2 Å². The predicted octanol–water partition coefficient (Wildman–Crippen LogP) is 4.96. The molecule has 13 heteroatoms. The quantitative estimate of drug-likeness (QED) is 0.208. The minimum atomic E-state index is -3.20. The molecular formula is C24H25FIN5O5S. The van der Waals surface area contributed by atoms with Gasteiger partial charge in [-0.05, 0) is 72.2 Å².